The fourth-order valence-corrected chi connectivity index (χ4v) is 5.01. The zero-order valence-electron chi connectivity index (χ0n) is 19.1. The molecule has 3 aromatic rings. The molecule has 1 aliphatic rings. The van der Waals surface area contributed by atoms with Crippen molar-refractivity contribution in [2.24, 2.45) is 4.99 Å². The Kier molecular flexibility index (Phi) is 6.90. The van der Waals surface area contributed by atoms with Crippen molar-refractivity contribution in [2.75, 3.05) is 20.8 Å². The molecule has 0 aliphatic carbocycles. The van der Waals surface area contributed by atoms with E-state index in [4.69, 9.17) is 25.8 Å². The molecule has 0 spiro atoms. The second kappa shape index (κ2) is 9.87. The quantitative estimate of drug-likeness (QED) is 0.486. The highest BCUT2D eigenvalue weighted by atomic mass is 35.5. The molecule has 0 saturated carbocycles. The van der Waals surface area contributed by atoms with E-state index in [0.29, 0.717) is 42.7 Å². The number of methoxy groups -OCH3 is 2. The van der Waals surface area contributed by atoms with Gasteiger partial charge in [0.25, 0.3) is 5.56 Å². The monoisotopic (exact) mass is 498 g/mol. The molecular weight excluding hydrogens is 476 g/mol. The minimum absolute atomic E-state index is 0.204. The van der Waals surface area contributed by atoms with E-state index in [1.165, 1.54) is 23.0 Å². The fraction of sp³-hybridized carbons (Fsp3) is 0.240. The predicted molar refractivity (Wildman–Crippen MR) is 131 cm³/mol. The van der Waals surface area contributed by atoms with Gasteiger partial charge in [0.1, 0.15) is 0 Å². The molecule has 9 heteroatoms. The summed E-state index contributed by atoms with van der Waals surface area (Å²) in [6.07, 6.45) is 1.79. The summed E-state index contributed by atoms with van der Waals surface area (Å²) in [5.74, 6) is 0.511. The van der Waals surface area contributed by atoms with Gasteiger partial charge in [0.05, 0.1) is 42.7 Å². The van der Waals surface area contributed by atoms with Crippen molar-refractivity contribution in [1.82, 2.24) is 4.57 Å². The largest absolute Gasteiger partial charge is 0.493 e. The van der Waals surface area contributed by atoms with E-state index in [-0.39, 0.29) is 12.2 Å². The van der Waals surface area contributed by atoms with E-state index >= 15 is 0 Å². The van der Waals surface area contributed by atoms with Crippen molar-refractivity contribution >= 4 is 35.0 Å². The van der Waals surface area contributed by atoms with Crippen molar-refractivity contribution in [3.63, 3.8) is 0 Å². The normalized spacial score (nSPS) is 15.6. The molecule has 0 bridgehead atoms. The number of allylic oxidation sites excluding steroid dienone is 1. The van der Waals surface area contributed by atoms with Crippen molar-refractivity contribution in [1.29, 1.82) is 0 Å². The van der Waals surface area contributed by atoms with E-state index in [9.17, 15) is 9.59 Å². The lowest BCUT2D eigenvalue weighted by atomic mass is 9.95. The van der Waals surface area contributed by atoms with Crippen LogP contribution < -0.4 is 24.4 Å². The highest BCUT2D eigenvalue weighted by Crippen LogP contribution is 2.36. The smallest absolute Gasteiger partial charge is 0.338 e. The van der Waals surface area contributed by atoms with Crippen LogP contribution in [0.3, 0.4) is 0 Å². The Morgan fingerprint density at radius 3 is 2.50 bits per heavy atom. The van der Waals surface area contributed by atoms with Crippen LogP contribution in [0.15, 0.2) is 63.5 Å². The Bertz CT molecular complexity index is 1450. The van der Waals surface area contributed by atoms with Gasteiger partial charge in [-0.1, -0.05) is 41.1 Å². The molecule has 0 radical (unpaired) electrons. The van der Waals surface area contributed by atoms with Crippen molar-refractivity contribution in [2.45, 2.75) is 19.9 Å². The van der Waals surface area contributed by atoms with Gasteiger partial charge in [0.15, 0.2) is 16.3 Å². The topological polar surface area (TPSA) is 79.1 Å². The first-order valence-electron chi connectivity index (χ1n) is 10.5. The second-order valence-electron chi connectivity index (χ2n) is 7.47. The summed E-state index contributed by atoms with van der Waals surface area (Å²) < 4.78 is 18.2. The summed E-state index contributed by atoms with van der Waals surface area (Å²) in [4.78, 5) is 31.7. The highest BCUT2D eigenvalue weighted by molar-refractivity contribution is 7.07. The number of thiazole rings is 1. The van der Waals surface area contributed by atoms with Gasteiger partial charge < -0.3 is 14.2 Å². The average molecular weight is 499 g/mol. The molecule has 176 valence electrons. The van der Waals surface area contributed by atoms with Gasteiger partial charge in [-0.05, 0) is 55.3 Å². The van der Waals surface area contributed by atoms with Crippen LogP contribution in [0.5, 0.6) is 11.5 Å². The molecule has 1 aromatic heterocycles. The summed E-state index contributed by atoms with van der Waals surface area (Å²) in [5.41, 5.74) is 2.05. The molecular formula is C25H23ClN2O5S. The SMILES string of the molecule is CCOC(=O)C1=C(C)N=c2s/c(=C/c3ccc(Cl)cc3)c(=O)n2[C@@H]1c1ccc(OC)c(OC)c1. The Balaban J connectivity index is 1.96. The van der Waals surface area contributed by atoms with Crippen molar-refractivity contribution in [3.8, 4) is 11.5 Å². The van der Waals surface area contributed by atoms with Gasteiger partial charge in [-0.2, -0.15) is 0 Å². The van der Waals surface area contributed by atoms with Gasteiger partial charge in [-0.15, -0.1) is 0 Å². The number of rotatable bonds is 6. The minimum Gasteiger partial charge on any atom is -0.493 e. The lowest BCUT2D eigenvalue weighted by molar-refractivity contribution is -0.139. The third-order valence-corrected chi connectivity index (χ3v) is 6.64. The molecule has 1 atom stereocenters. The number of esters is 1. The maximum absolute atomic E-state index is 13.6. The summed E-state index contributed by atoms with van der Waals surface area (Å²) in [5, 5.41) is 0.613. The zero-order chi connectivity index (χ0) is 24.4. The van der Waals surface area contributed by atoms with Crippen LogP contribution >= 0.6 is 22.9 Å². The number of hydrogen-bond donors (Lipinski definition) is 0. The molecule has 2 aromatic carbocycles. The second-order valence-corrected chi connectivity index (χ2v) is 8.91. The van der Waals surface area contributed by atoms with Crippen LogP contribution in [-0.2, 0) is 9.53 Å². The Morgan fingerprint density at radius 2 is 1.85 bits per heavy atom. The molecule has 1 aliphatic heterocycles. The molecule has 0 fully saturated rings. The van der Waals surface area contributed by atoms with Crippen LogP contribution in [0.1, 0.15) is 31.0 Å². The number of nitrogens with zero attached hydrogens (tertiary/aromatic N) is 2. The maximum atomic E-state index is 13.6. The summed E-state index contributed by atoms with van der Waals surface area (Å²) in [6, 6.07) is 11.8. The third-order valence-electron chi connectivity index (χ3n) is 5.41. The van der Waals surface area contributed by atoms with Crippen LogP contribution in [0.2, 0.25) is 5.02 Å². The average Bonchev–Trinajstić information content (AvgIpc) is 3.13. The summed E-state index contributed by atoms with van der Waals surface area (Å²) in [6.45, 7) is 3.69. The summed E-state index contributed by atoms with van der Waals surface area (Å²) in [7, 11) is 3.08. The van der Waals surface area contributed by atoms with Crippen LogP contribution in [0.4, 0.5) is 0 Å². The molecule has 7 nitrogen and oxygen atoms in total. The number of ether oxygens (including phenoxy) is 3. The van der Waals surface area contributed by atoms with Crippen LogP contribution in [0.25, 0.3) is 6.08 Å². The third kappa shape index (κ3) is 4.38. The highest BCUT2D eigenvalue weighted by Gasteiger charge is 2.33. The van der Waals surface area contributed by atoms with E-state index in [0.717, 1.165) is 5.56 Å². The van der Waals surface area contributed by atoms with Gasteiger partial charge in [0, 0.05) is 5.02 Å². The molecule has 2 heterocycles. The lowest BCUT2D eigenvalue weighted by Gasteiger charge is -2.25. The molecule has 4 rings (SSSR count). The number of carbonyl (C=O) groups excluding carboxylic acids is 1. The number of halogens is 1. The van der Waals surface area contributed by atoms with Crippen LogP contribution in [0, 0.1) is 0 Å². The molecule has 0 amide bonds. The van der Waals surface area contributed by atoms with Crippen molar-refractivity contribution in [3.05, 3.63) is 89.6 Å². The standard InChI is InChI=1S/C25H23ClN2O5S/c1-5-33-24(30)21-14(2)27-25-28(22(21)16-8-11-18(31-3)19(13-16)32-4)23(29)20(34-25)12-15-6-9-17(26)10-7-15/h6-13,22H,5H2,1-4H3/b20-12+/t22-/m1/s1. The van der Waals surface area contributed by atoms with E-state index in [1.807, 2.05) is 12.1 Å². The molecule has 0 saturated heterocycles. The molecule has 0 unspecified atom stereocenters. The fourth-order valence-electron chi connectivity index (χ4n) is 3.84. The van der Waals surface area contributed by atoms with E-state index < -0.39 is 12.0 Å². The Labute approximate surface area is 205 Å². The first-order valence-corrected chi connectivity index (χ1v) is 11.7. The number of hydrogen-bond acceptors (Lipinski definition) is 7. The van der Waals surface area contributed by atoms with Gasteiger partial charge in [0.2, 0.25) is 0 Å². The Morgan fingerprint density at radius 1 is 1.15 bits per heavy atom. The first-order chi connectivity index (χ1) is 16.4. The van der Waals surface area contributed by atoms with Gasteiger partial charge in [-0.25, -0.2) is 9.79 Å². The Hall–Kier alpha value is -3.36. The lowest BCUT2D eigenvalue weighted by Crippen LogP contribution is -2.39. The minimum atomic E-state index is -0.734. The molecule has 0 N–H and O–H groups in total. The number of fused-ring (bicyclic) bond motifs is 1. The van der Waals surface area contributed by atoms with Gasteiger partial charge >= 0.3 is 5.97 Å². The number of benzene rings is 2. The molecule has 34 heavy (non-hydrogen) atoms. The summed E-state index contributed by atoms with van der Waals surface area (Å²) >= 11 is 7.25. The van der Waals surface area contributed by atoms with E-state index in [2.05, 4.69) is 4.99 Å². The zero-order valence-corrected chi connectivity index (χ0v) is 20.7. The predicted octanol–water partition coefficient (Wildman–Crippen LogP) is 3.47. The van der Waals surface area contributed by atoms with E-state index in [1.54, 1.807) is 57.4 Å². The first kappa shape index (κ1) is 23.8. The van der Waals surface area contributed by atoms with Crippen LogP contribution in [-0.4, -0.2) is 31.4 Å². The van der Waals surface area contributed by atoms with Gasteiger partial charge in [-0.3, -0.25) is 9.36 Å². The van der Waals surface area contributed by atoms with Crippen molar-refractivity contribution < 1.29 is 19.0 Å². The maximum Gasteiger partial charge on any atom is 0.338 e. The number of aromatic nitrogens is 1. The number of carbonyl (C=O) groups is 1.